The molecule has 0 bridgehead atoms. The van der Waals surface area contributed by atoms with Crippen LogP contribution in [0, 0.1) is 5.82 Å². The second kappa shape index (κ2) is 6.90. The third kappa shape index (κ3) is 3.34. The van der Waals surface area contributed by atoms with Gasteiger partial charge in [-0.1, -0.05) is 12.1 Å². The number of anilines is 2. The van der Waals surface area contributed by atoms with Crippen molar-refractivity contribution in [1.29, 1.82) is 0 Å². The Morgan fingerprint density at radius 2 is 1.88 bits per heavy atom. The number of nitrogens with one attached hydrogen (secondary N) is 1. The van der Waals surface area contributed by atoms with E-state index in [-0.39, 0.29) is 17.9 Å². The first-order valence-corrected chi connectivity index (χ1v) is 8.15. The summed E-state index contributed by atoms with van der Waals surface area (Å²) < 4.78 is 15.6. The number of piperazine rings is 1. The lowest BCUT2D eigenvalue weighted by Crippen LogP contribution is -2.50. The molecule has 0 saturated carbocycles. The Kier molecular flexibility index (Phi) is 4.69. The van der Waals surface area contributed by atoms with Crippen LogP contribution in [0.3, 0.4) is 0 Å². The first kappa shape index (κ1) is 16.3. The van der Waals surface area contributed by atoms with Gasteiger partial charge >= 0.3 is 6.03 Å². The highest BCUT2D eigenvalue weighted by molar-refractivity contribution is 5.88. The van der Waals surface area contributed by atoms with Gasteiger partial charge in [-0.15, -0.1) is 0 Å². The molecule has 1 aliphatic rings. The van der Waals surface area contributed by atoms with Crippen LogP contribution in [0.15, 0.2) is 36.5 Å². The zero-order valence-corrected chi connectivity index (χ0v) is 13.9. The summed E-state index contributed by atoms with van der Waals surface area (Å²) in [5.74, 6) is 0.461. The summed E-state index contributed by atoms with van der Waals surface area (Å²) in [6.45, 7) is 6.34. The van der Waals surface area contributed by atoms with Crippen molar-refractivity contribution in [3.8, 4) is 0 Å². The lowest BCUT2D eigenvalue weighted by molar-refractivity contribution is 0.208. The van der Waals surface area contributed by atoms with E-state index in [9.17, 15) is 9.18 Å². The molecule has 0 unspecified atom stereocenters. The SMILES string of the molecule is CC(C)n1nccc1NC(=O)N1CCN(c2ccccc2F)CC1. The van der Waals surface area contributed by atoms with E-state index < -0.39 is 0 Å². The molecule has 0 atom stereocenters. The second-order valence-electron chi connectivity index (χ2n) is 6.11. The first-order valence-electron chi connectivity index (χ1n) is 8.15. The quantitative estimate of drug-likeness (QED) is 0.941. The van der Waals surface area contributed by atoms with Crippen molar-refractivity contribution in [2.75, 3.05) is 36.4 Å². The molecule has 7 heteroatoms. The summed E-state index contributed by atoms with van der Waals surface area (Å²) in [6, 6.07) is 8.55. The van der Waals surface area contributed by atoms with Gasteiger partial charge in [-0.25, -0.2) is 13.9 Å². The minimum atomic E-state index is -0.226. The minimum Gasteiger partial charge on any atom is -0.366 e. The van der Waals surface area contributed by atoms with Crippen molar-refractivity contribution in [2.24, 2.45) is 0 Å². The third-order valence-corrected chi connectivity index (χ3v) is 4.15. The Morgan fingerprint density at radius 3 is 2.54 bits per heavy atom. The molecule has 2 heterocycles. The highest BCUT2D eigenvalue weighted by Gasteiger charge is 2.23. The molecule has 1 fully saturated rings. The zero-order valence-electron chi connectivity index (χ0n) is 13.9. The maximum atomic E-state index is 13.9. The molecule has 1 N–H and O–H groups in total. The lowest BCUT2D eigenvalue weighted by Gasteiger charge is -2.36. The Labute approximate surface area is 140 Å². The Balaban J connectivity index is 1.59. The molecule has 128 valence electrons. The minimum absolute atomic E-state index is 0.148. The summed E-state index contributed by atoms with van der Waals surface area (Å²) in [7, 11) is 0. The molecule has 3 rings (SSSR count). The van der Waals surface area contributed by atoms with Gasteiger partial charge in [0.15, 0.2) is 0 Å². The fourth-order valence-electron chi connectivity index (χ4n) is 2.87. The number of halogens is 1. The Morgan fingerprint density at radius 1 is 1.17 bits per heavy atom. The molecule has 1 saturated heterocycles. The number of amides is 2. The highest BCUT2D eigenvalue weighted by Crippen LogP contribution is 2.20. The number of benzene rings is 1. The van der Waals surface area contributed by atoms with E-state index in [2.05, 4.69) is 10.4 Å². The predicted octanol–water partition coefficient (Wildman–Crippen LogP) is 2.96. The van der Waals surface area contributed by atoms with Crippen molar-refractivity contribution >= 4 is 17.5 Å². The molecule has 2 aromatic rings. The van der Waals surface area contributed by atoms with Gasteiger partial charge in [0.2, 0.25) is 0 Å². The summed E-state index contributed by atoms with van der Waals surface area (Å²) in [5, 5.41) is 7.11. The Bertz CT molecular complexity index is 707. The topological polar surface area (TPSA) is 53.4 Å². The van der Waals surface area contributed by atoms with Crippen LogP contribution in [0.4, 0.5) is 20.7 Å². The molecule has 0 aliphatic carbocycles. The third-order valence-electron chi connectivity index (χ3n) is 4.15. The van der Waals surface area contributed by atoms with Gasteiger partial charge in [0.25, 0.3) is 0 Å². The van der Waals surface area contributed by atoms with E-state index in [1.54, 1.807) is 34.0 Å². The van der Waals surface area contributed by atoms with E-state index in [4.69, 9.17) is 0 Å². The lowest BCUT2D eigenvalue weighted by atomic mass is 10.2. The summed E-state index contributed by atoms with van der Waals surface area (Å²) in [5.41, 5.74) is 0.593. The van der Waals surface area contributed by atoms with Crippen LogP contribution >= 0.6 is 0 Å². The van der Waals surface area contributed by atoms with Crippen molar-refractivity contribution in [3.05, 3.63) is 42.3 Å². The van der Waals surface area contributed by atoms with Crippen LogP contribution in [0.1, 0.15) is 19.9 Å². The number of aromatic nitrogens is 2. The van der Waals surface area contributed by atoms with Crippen molar-refractivity contribution in [2.45, 2.75) is 19.9 Å². The number of para-hydroxylation sites is 1. The highest BCUT2D eigenvalue weighted by atomic mass is 19.1. The number of hydrogen-bond acceptors (Lipinski definition) is 3. The number of urea groups is 1. The number of hydrogen-bond donors (Lipinski definition) is 1. The number of nitrogens with zero attached hydrogens (tertiary/aromatic N) is 4. The first-order chi connectivity index (χ1) is 11.6. The molecule has 1 aromatic carbocycles. The van der Waals surface area contributed by atoms with Gasteiger partial charge in [-0.05, 0) is 26.0 Å². The van der Waals surface area contributed by atoms with Crippen molar-refractivity contribution < 1.29 is 9.18 Å². The van der Waals surface area contributed by atoms with Crippen LogP contribution < -0.4 is 10.2 Å². The Hall–Kier alpha value is -2.57. The smallest absolute Gasteiger partial charge is 0.323 e. The van der Waals surface area contributed by atoms with Crippen molar-refractivity contribution in [1.82, 2.24) is 14.7 Å². The van der Waals surface area contributed by atoms with Crippen LogP contribution in [-0.4, -0.2) is 46.9 Å². The monoisotopic (exact) mass is 331 g/mol. The van der Waals surface area contributed by atoms with Gasteiger partial charge in [-0.2, -0.15) is 5.10 Å². The van der Waals surface area contributed by atoms with Crippen LogP contribution in [0.2, 0.25) is 0 Å². The molecule has 1 aromatic heterocycles. The van der Waals surface area contributed by atoms with Gasteiger partial charge in [0.1, 0.15) is 11.6 Å². The average molecular weight is 331 g/mol. The summed E-state index contributed by atoms with van der Waals surface area (Å²) >= 11 is 0. The maximum absolute atomic E-state index is 13.9. The van der Waals surface area contributed by atoms with Gasteiger partial charge in [-0.3, -0.25) is 5.32 Å². The van der Waals surface area contributed by atoms with E-state index in [1.807, 2.05) is 24.8 Å². The molecule has 0 spiro atoms. The predicted molar refractivity (Wildman–Crippen MR) is 91.8 cm³/mol. The number of rotatable bonds is 3. The fourth-order valence-corrected chi connectivity index (χ4v) is 2.87. The average Bonchev–Trinajstić information content (AvgIpc) is 3.04. The summed E-state index contributed by atoms with van der Waals surface area (Å²) in [4.78, 5) is 16.1. The number of carbonyl (C=O) groups excluding carboxylic acids is 1. The fraction of sp³-hybridized carbons (Fsp3) is 0.412. The molecule has 0 radical (unpaired) electrons. The van der Waals surface area contributed by atoms with E-state index >= 15 is 0 Å². The molecule has 6 nitrogen and oxygen atoms in total. The largest absolute Gasteiger partial charge is 0.366 e. The number of carbonyl (C=O) groups is 1. The molecule has 1 aliphatic heterocycles. The van der Waals surface area contributed by atoms with E-state index in [0.717, 1.165) is 0 Å². The van der Waals surface area contributed by atoms with Gasteiger partial charge < -0.3 is 9.80 Å². The molecular formula is C17H22FN5O. The zero-order chi connectivity index (χ0) is 17.1. The molecule has 24 heavy (non-hydrogen) atoms. The second-order valence-corrected chi connectivity index (χ2v) is 6.11. The van der Waals surface area contributed by atoms with Crippen LogP contribution in [0.25, 0.3) is 0 Å². The van der Waals surface area contributed by atoms with Crippen LogP contribution in [-0.2, 0) is 0 Å². The normalized spacial score (nSPS) is 15.0. The van der Waals surface area contributed by atoms with E-state index in [0.29, 0.717) is 37.7 Å². The van der Waals surface area contributed by atoms with Crippen LogP contribution in [0.5, 0.6) is 0 Å². The van der Waals surface area contributed by atoms with Crippen molar-refractivity contribution in [3.63, 3.8) is 0 Å². The van der Waals surface area contributed by atoms with E-state index in [1.165, 1.54) is 6.07 Å². The van der Waals surface area contributed by atoms with Gasteiger partial charge in [0, 0.05) is 38.3 Å². The standard InChI is InChI=1S/C17H22FN5O/c1-13(2)23-16(7-8-19-23)20-17(24)22-11-9-21(10-12-22)15-6-4-3-5-14(15)18/h3-8,13H,9-12H2,1-2H3,(H,20,24). The molecule has 2 amide bonds. The maximum Gasteiger partial charge on any atom is 0.323 e. The molecular weight excluding hydrogens is 309 g/mol. The van der Waals surface area contributed by atoms with Gasteiger partial charge in [0.05, 0.1) is 11.9 Å². The summed E-state index contributed by atoms with van der Waals surface area (Å²) in [6.07, 6.45) is 1.67.